The molecule has 0 spiro atoms. The molecule has 0 unspecified atom stereocenters. The number of alkyl halides is 3. The van der Waals surface area contributed by atoms with Gasteiger partial charge in [0.05, 0.1) is 17.5 Å². The van der Waals surface area contributed by atoms with E-state index in [0.29, 0.717) is 17.5 Å². The predicted octanol–water partition coefficient (Wildman–Crippen LogP) is 2.91. The van der Waals surface area contributed by atoms with Gasteiger partial charge in [0, 0.05) is 5.56 Å². The summed E-state index contributed by atoms with van der Waals surface area (Å²) in [7, 11) is 0. The van der Waals surface area contributed by atoms with Crippen molar-refractivity contribution in [3.8, 4) is 11.3 Å². The lowest BCUT2D eigenvalue weighted by Crippen LogP contribution is -2.04. The van der Waals surface area contributed by atoms with Crippen LogP contribution < -0.4 is 0 Å². The van der Waals surface area contributed by atoms with Crippen LogP contribution in [0.2, 0.25) is 0 Å². The van der Waals surface area contributed by atoms with Crippen LogP contribution in [-0.2, 0) is 6.18 Å². The highest BCUT2D eigenvalue weighted by Crippen LogP contribution is 2.31. The Morgan fingerprint density at radius 3 is 2.65 bits per heavy atom. The van der Waals surface area contributed by atoms with Crippen molar-refractivity contribution in [2.24, 2.45) is 0 Å². The average Bonchev–Trinajstić information content (AvgIpc) is 2.76. The van der Waals surface area contributed by atoms with E-state index < -0.39 is 11.7 Å². The number of aromatic amines is 1. The average molecular weight is 240 g/mol. The molecule has 1 aromatic heterocycles. The van der Waals surface area contributed by atoms with Crippen LogP contribution in [0.25, 0.3) is 11.3 Å². The molecule has 1 N–H and O–H groups in total. The fourth-order valence-electron chi connectivity index (χ4n) is 1.41. The Morgan fingerprint density at radius 2 is 2.06 bits per heavy atom. The van der Waals surface area contributed by atoms with Gasteiger partial charge in [0.25, 0.3) is 0 Å². The third-order valence-corrected chi connectivity index (χ3v) is 2.21. The fourth-order valence-corrected chi connectivity index (χ4v) is 1.41. The van der Waals surface area contributed by atoms with Crippen molar-refractivity contribution in [3.63, 3.8) is 0 Å². The number of imidazole rings is 1. The Bertz CT molecular complexity index is 546. The van der Waals surface area contributed by atoms with E-state index in [2.05, 4.69) is 9.97 Å². The Morgan fingerprint density at radius 1 is 1.29 bits per heavy atom. The minimum absolute atomic E-state index is 0.0809. The Kier molecular flexibility index (Phi) is 2.71. The van der Waals surface area contributed by atoms with Gasteiger partial charge in [0.2, 0.25) is 0 Å². The number of rotatable bonds is 2. The molecule has 0 atom stereocenters. The number of hydrogen-bond acceptors (Lipinski definition) is 2. The van der Waals surface area contributed by atoms with Gasteiger partial charge in [-0.25, -0.2) is 4.98 Å². The van der Waals surface area contributed by atoms with Gasteiger partial charge in [-0.15, -0.1) is 0 Å². The van der Waals surface area contributed by atoms with Crippen molar-refractivity contribution in [1.82, 2.24) is 9.97 Å². The molecule has 3 nitrogen and oxygen atoms in total. The molecule has 0 aliphatic rings. The highest BCUT2D eigenvalue weighted by atomic mass is 19.4. The summed E-state index contributed by atoms with van der Waals surface area (Å²) in [6.07, 6.45) is -2.57. The van der Waals surface area contributed by atoms with Crippen LogP contribution in [0.4, 0.5) is 13.2 Å². The van der Waals surface area contributed by atoms with E-state index >= 15 is 0 Å². The highest BCUT2D eigenvalue weighted by molar-refractivity contribution is 5.71. The summed E-state index contributed by atoms with van der Waals surface area (Å²) in [6.45, 7) is 0. The first-order valence-corrected chi connectivity index (χ1v) is 4.68. The smallest absolute Gasteiger partial charge is 0.336 e. The largest absolute Gasteiger partial charge is 0.416 e. The molecule has 0 bridgehead atoms. The standard InChI is InChI=1S/C11H7F3N2O/c12-11(13,14)8-3-1-2-7(4-8)9-5-15-10(6-17)16-9/h1-6H,(H,15,16). The second-order valence-electron chi connectivity index (χ2n) is 3.38. The van der Waals surface area contributed by atoms with Gasteiger partial charge >= 0.3 is 6.18 Å². The normalized spacial score (nSPS) is 11.5. The molecule has 17 heavy (non-hydrogen) atoms. The van der Waals surface area contributed by atoms with E-state index in [9.17, 15) is 18.0 Å². The van der Waals surface area contributed by atoms with Gasteiger partial charge in [-0.3, -0.25) is 4.79 Å². The molecule has 2 rings (SSSR count). The van der Waals surface area contributed by atoms with Gasteiger partial charge in [0.15, 0.2) is 12.1 Å². The van der Waals surface area contributed by atoms with E-state index in [4.69, 9.17) is 0 Å². The van der Waals surface area contributed by atoms with Crippen molar-refractivity contribution >= 4 is 6.29 Å². The molecule has 6 heteroatoms. The van der Waals surface area contributed by atoms with E-state index in [0.717, 1.165) is 12.1 Å². The van der Waals surface area contributed by atoms with Gasteiger partial charge in [0.1, 0.15) is 0 Å². The SMILES string of the molecule is O=Cc1ncc(-c2cccc(C(F)(F)F)c2)[nH]1. The molecule has 1 heterocycles. The minimum atomic E-state index is -4.39. The van der Waals surface area contributed by atoms with Crippen molar-refractivity contribution in [3.05, 3.63) is 41.9 Å². The summed E-state index contributed by atoms with van der Waals surface area (Å²) >= 11 is 0. The number of benzene rings is 1. The van der Waals surface area contributed by atoms with Crippen molar-refractivity contribution in [2.45, 2.75) is 6.18 Å². The van der Waals surface area contributed by atoms with Crippen LogP contribution in [0.15, 0.2) is 30.5 Å². The van der Waals surface area contributed by atoms with Gasteiger partial charge < -0.3 is 4.98 Å². The summed E-state index contributed by atoms with van der Waals surface area (Å²) in [5, 5.41) is 0. The molecule has 1 aromatic carbocycles. The zero-order valence-electron chi connectivity index (χ0n) is 8.45. The molecule has 2 aromatic rings. The fraction of sp³-hybridized carbons (Fsp3) is 0.0909. The molecular weight excluding hydrogens is 233 g/mol. The maximum atomic E-state index is 12.5. The number of aromatic nitrogens is 2. The summed E-state index contributed by atoms with van der Waals surface area (Å²) in [5.74, 6) is 0.0809. The number of H-pyrrole nitrogens is 1. The quantitative estimate of drug-likeness (QED) is 0.820. The number of halogens is 3. The first kappa shape index (κ1) is 11.4. The van der Waals surface area contributed by atoms with Crippen LogP contribution >= 0.6 is 0 Å². The molecule has 88 valence electrons. The number of hydrogen-bond donors (Lipinski definition) is 1. The van der Waals surface area contributed by atoms with Crippen LogP contribution in [-0.4, -0.2) is 16.3 Å². The number of carbonyl (C=O) groups excluding carboxylic acids is 1. The number of nitrogens with one attached hydrogen (secondary N) is 1. The number of nitrogens with zero attached hydrogens (tertiary/aromatic N) is 1. The maximum absolute atomic E-state index is 12.5. The van der Waals surface area contributed by atoms with E-state index in [1.807, 2.05) is 0 Å². The number of aldehydes is 1. The van der Waals surface area contributed by atoms with E-state index in [-0.39, 0.29) is 5.82 Å². The Balaban J connectivity index is 2.42. The van der Waals surface area contributed by atoms with Crippen LogP contribution in [0.5, 0.6) is 0 Å². The van der Waals surface area contributed by atoms with E-state index in [1.54, 1.807) is 0 Å². The Labute approximate surface area is 94.3 Å². The second-order valence-corrected chi connectivity index (χ2v) is 3.38. The molecule has 0 saturated heterocycles. The zero-order valence-corrected chi connectivity index (χ0v) is 8.45. The Hall–Kier alpha value is -2.11. The van der Waals surface area contributed by atoms with Gasteiger partial charge in [-0.1, -0.05) is 12.1 Å². The topological polar surface area (TPSA) is 45.8 Å². The first-order valence-electron chi connectivity index (χ1n) is 4.68. The number of carbonyl (C=O) groups is 1. The van der Waals surface area contributed by atoms with Gasteiger partial charge in [-0.05, 0) is 12.1 Å². The van der Waals surface area contributed by atoms with Crippen LogP contribution in [0.3, 0.4) is 0 Å². The predicted molar refractivity (Wildman–Crippen MR) is 54.4 cm³/mol. The first-order chi connectivity index (χ1) is 8.00. The van der Waals surface area contributed by atoms with Crippen LogP contribution in [0.1, 0.15) is 16.2 Å². The third-order valence-electron chi connectivity index (χ3n) is 2.21. The lowest BCUT2D eigenvalue weighted by atomic mass is 10.1. The van der Waals surface area contributed by atoms with Crippen molar-refractivity contribution < 1.29 is 18.0 Å². The second kappa shape index (κ2) is 4.04. The molecule has 0 aliphatic heterocycles. The van der Waals surface area contributed by atoms with Crippen molar-refractivity contribution in [2.75, 3.05) is 0 Å². The molecule has 0 radical (unpaired) electrons. The molecule has 0 saturated carbocycles. The monoisotopic (exact) mass is 240 g/mol. The van der Waals surface area contributed by atoms with Crippen molar-refractivity contribution in [1.29, 1.82) is 0 Å². The highest BCUT2D eigenvalue weighted by Gasteiger charge is 2.30. The third kappa shape index (κ3) is 2.35. The molecule has 0 aliphatic carbocycles. The van der Waals surface area contributed by atoms with Crippen LogP contribution in [0, 0.1) is 0 Å². The summed E-state index contributed by atoms with van der Waals surface area (Å²) in [4.78, 5) is 16.7. The maximum Gasteiger partial charge on any atom is 0.416 e. The molecular formula is C11H7F3N2O. The van der Waals surface area contributed by atoms with Gasteiger partial charge in [-0.2, -0.15) is 13.2 Å². The lowest BCUT2D eigenvalue weighted by molar-refractivity contribution is -0.137. The van der Waals surface area contributed by atoms with E-state index in [1.165, 1.54) is 18.3 Å². The lowest BCUT2D eigenvalue weighted by Gasteiger charge is -2.07. The summed E-state index contributed by atoms with van der Waals surface area (Å²) in [6, 6.07) is 4.81. The minimum Gasteiger partial charge on any atom is -0.336 e. The summed E-state index contributed by atoms with van der Waals surface area (Å²) in [5.41, 5.74) is -0.0316. The summed E-state index contributed by atoms with van der Waals surface area (Å²) < 4.78 is 37.4. The molecule has 0 fully saturated rings. The zero-order chi connectivity index (χ0) is 12.5. The molecule has 0 amide bonds.